The Morgan fingerprint density at radius 3 is 2.40 bits per heavy atom. The molecule has 1 aromatic heterocycles. The second-order valence-corrected chi connectivity index (χ2v) is 7.65. The van der Waals surface area contributed by atoms with Crippen molar-refractivity contribution in [1.29, 1.82) is 0 Å². The molecule has 0 bridgehead atoms. The molecule has 1 N–H and O–H groups in total. The molecule has 1 atom stereocenters. The maximum atomic E-state index is 12.5. The summed E-state index contributed by atoms with van der Waals surface area (Å²) in [5.74, 6) is -1.14. The van der Waals surface area contributed by atoms with Crippen molar-refractivity contribution in [3.8, 4) is 0 Å². The number of aryl methyl sites for hydroxylation is 1. The van der Waals surface area contributed by atoms with Gasteiger partial charge in [0.05, 0.1) is 0 Å². The number of ether oxygens (including phenoxy) is 1. The van der Waals surface area contributed by atoms with Crippen LogP contribution < -0.4 is 5.32 Å². The van der Waals surface area contributed by atoms with Crippen molar-refractivity contribution in [2.24, 2.45) is 7.05 Å². The average Bonchev–Trinajstić information content (AvgIpc) is 2.96. The largest absolute Gasteiger partial charge is 0.451 e. The van der Waals surface area contributed by atoms with Gasteiger partial charge in [0.15, 0.2) is 6.61 Å². The molecule has 1 heterocycles. The minimum Gasteiger partial charge on any atom is -0.451 e. The molecule has 8 nitrogen and oxygen atoms in total. The smallest absolute Gasteiger partial charge is 0.355 e. The van der Waals surface area contributed by atoms with Gasteiger partial charge in [-0.05, 0) is 19.4 Å². The van der Waals surface area contributed by atoms with Crippen LogP contribution in [-0.2, 0) is 26.6 Å². The summed E-state index contributed by atoms with van der Waals surface area (Å²) >= 11 is 0. The highest BCUT2D eigenvalue weighted by Gasteiger charge is 2.26. The molecule has 0 radical (unpaired) electrons. The molecule has 0 spiro atoms. The van der Waals surface area contributed by atoms with Gasteiger partial charge in [-0.1, -0.05) is 20.8 Å². The summed E-state index contributed by atoms with van der Waals surface area (Å²) in [6.45, 7) is 7.53. The molecular weight excluding hydrogens is 346 g/mol. The van der Waals surface area contributed by atoms with Crippen LogP contribution in [0, 0.1) is 0 Å². The van der Waals surface area contributed by atoms with Gasteiger partial charge in [-0.15, -0.1) is 0 Å². The fourth-order valence-corrected chi connectivity index (χ4v) is 3.74. The third kappa shape index (κ3) is 5.30. The van der Waals surface area contributed by atoms with Crippen LogP contribution in [0.5, 0.6) is 0 Å². The number of aromatic nitrogens is 1. The molecule has 142 valence electrons. The van der Waals surface area contributed by atoms with Crippen LogP contribution in [0.15, 0.2) is 17.2 Å². The van der Waals surface area contributed by atoms with Gasteiger partial charge < -0.3 is 14.6 Å². The van der Waals surface area contributed by atoms with E-state index in [0.717, 1.165) is 6.42 Å². The number of amides is 1. The second kappa shape index (κ2) is 9.00. The van der Waals surface area contributed by atoms with Crippen molar-refractivity contribution < 1.29 is 22.7 Å². The van der Waals surface area contributed by atoms with E-state index in [9.17, 15) is 18.0 Å². The SMILES string of the molecule is CCC(C)NC(=O)COC(=O)c1cc(S(=O)(=O)N(CC)CC)cn1C. The van der Waals surface area contributed by atoms with Crippen LogP contribution in [0.1, 0.15) is 44.6 Å². The molecular formula is C16H27N3O5S. The van der Waals surface area contributed by atoms with Crippen LogP contribution >= 0.6 is 0 Å². The quantitative estimate of drug-likeness (QED) is 0.654. The zero-order chi connectivity index (χ0) is 19.2. The maximum absolute atomic E-state index is 12.5. The molecule has 0 aliphatic heterocycles. The number of carbonyl (C=O) groups is 2. The highest BCUT2D eigenvalue weighted by atomic mass is 32.2. The lowest BCUT2D eigenvalue weighted by atomic mass is 10.2. The van der Waals surface area contributed by atoms with Crippen molar-refractivity contribution in [3.63, 3.8) is 0 Å². The van der Waals surface area contributed by atoms with E-state index in [0.29, 0.717) is 13.1 Å². The Hall–Kier alpha value is -1.87. The standard InChI is InChI=1S/C16H27N3O5S/c1-6-12(4)17-15(20)11-24-16(21)14-9-13(10-18(14)5)25(22,23)19(7-2)8-3/h9-10,12H,6-8,11H2,1-5H3,(H,17,20). The molecule has 0 saturated heterocycles. The molecule has 1 amide bonds. The van der Waals surface area contributed by atoms with Crippen LogP contribution in [0.4, 0.5) is 0 Å². The first-order chi connectivity index (χ1) is 11.7. The average molecular weight is 373 g/mol. The fraction of sp³-hybridized carbons (Fsp3) is 0.625. The lowest BCUT2D eigenvalue weighted by molar-refractivity contribution is -0.124. The summed E-state index contributed by atoms with van der Waals surface area (Å²) < 4.78 is 32.7. The molecule has 1 aromatic rings. The van der Waals surface area contributed by atoms with E-state index in [2.05, 4.69) is 5.32 Å². The number of sulfonamides is 1. The summed E-state index contributed by atoms with van der Waals surface area (Å²) in [4.78, 5) is 23.8. The third-order valence-corrected chi connectivity index (χ3v) is 5.90. The van der Waals surface area contributed by atoms with Crippen LogP contribution in [0.3, 0.4) is 0 Å². The van der Waals surface area contributed by atoms with Crippen molar-refractivity contribution in [2.45, 2.75) is 45.1 Å². The lowest BCUT2D eigenvalue weighted by Crippen LogP contribution is -2.35. The van der Waals surface area contributed by atoms with E-state index in [-0.39, 0.29) is 16.6 Å². The first kappa shape index (κ1) is 21.2. The summed E-state index contributed by atoms with van der Waals surface area (Å²) in [6.07, 6.45) is 2.13. The van der Waals surface area contributed by atoms with Crippen LogP contribution in [0.25, 0.3) is 0 Å². The Bertz CT molecular complexity index is 707. The zero-order valence-electron chi connectivity index (χ0n) is 15.4. The monoisotopic (exact) mass is 373 g/mol. The van der Waals surface area contributed by atoms with Gasteiger partial charge in [-0.25, -0.2) is 13.2 Å². The van der Waals surface area contributed by atoms with Gasteiger partial charge >= 0.3 is 5.97 Å². The molecule has 0 aromatic carbocycles. The summed E-state index contributed by atoms with van der Waals surface area (Å²) in [5.41, 5.74) is 0.0714. The molecule has 0 saturated carbocycles. The fourth-order valence-electron chi connectivity index (χ4n) is 2.21. The number of nitrogens with one attached hydrogen (secondary N) is 1. The van der Waals surface area contributed by atoms with Gasteiger partial charge in [0.25, 0.3) is 5.91 Å². The Balaban J connectivity index is 2.85. The highest BCUT2D eigenvalue weighted by molar-refractivity contribution is 7.89. The Morgan fingerprint density at radius 2 is 1.88 bits per heavy atom. The topological polar surface area (TPSA) is 97.7 Å². The van der Waals surface area contributed by atoms with E-state index in [4.69, 9.17) is 4.74 Å². The summed E-state index contributed by atoms with van der Waals surface area (Å²) in [5, 5.41) is 2.69. The molecule has 0 aliphatic carbocycles. The van der Waals surface area contributed by atoms with Gasteiger partial charge in [0.1, 0.15) is 10.6 Å². The van der Waals surface area contributed by atoms with Gasteiger partial charge in [0, 0.05) is 32.4 Å². The maximum Gasteiger partial charge on any atom is 0.355 e. The first-order valence-corrected chi connectivity index (χ1v) is 9.74. The van der Waals surface area contributed by atoms with Crippen molar-refractivity contribution in [2.75, 3.05) is 19.7 Å². The normalized spacial score (nSPS) is 12.9. The van der Waals surface area contributed by atoms with Crippen LogP contribution in [0.2, 0.25) is 0 Å². The minimum atomic E-state index is -3.66. The summed E-state index contributed by atoms with van der Waals surface area (Å²) in [7, 11) is -2.11. The number of nitrogens with zero attached hydrogens (tertiary/aromatic N) is 2. The Kier molecular flexibility index (Phi) is 7.62. The van der Waals surface area contributed by atoms with E-state index in [1.165, 1.54) is 21.1 Å². The number of carbonyl (C=O) groups excluding carboxylic acids is 2. The number of hydrogen-bond acceptors (Lipinski definition) is 5. The van der Waals surface area contributed by atoms with Crippen LogP contribution in [-0.4, -0.2) is 54.9 Å². The molecule has 0 fully saturated rings. The highest BCUT2D eigenvalue weighted by Crippen LogP contribution is 2.19. The second-order valence-electron chi connectivity index (χ2n) is 5.71. The molecule has 1 rings (SSSR count). The lowest BCUT2D eigenvalue weighted by Gasteiger charge is -2.17. The van der Waals surface area contributed by atoms with Gasteiger partial charge in [0.2, 0.25) is 10.0 Å². The molecule has 1 unspecified atom stereocenters. The van der Waals surface area contributed by atoms with Gasteiger partial charge in [-0.3, -0.25) is 4.79 Å². The number of hydrogen-bond donors (Lipinski definition) is 1. The van der Waals surface area contributed by atoms with Crippen molar-refractivity contribution in [3.05, 3.63) is 18.0 Å². The first-order valence-electron chi connectivity index (χ1n) is 8.30. The molecule has 25 heavy (non-hydrogen) atoms. The number of esters is 1. The molecule has 0 aliphatic rings. The Labute approximate surface area is 149 Å². The third-order valence-electron chi connectivity index (χ3n) is 3.89. The van der Waals surface area contributed by atoms with Crippen molar-refractivity contribution in [1.82, 2.24) is 14.2 Å². The van der Waals surface area contributed by atoms with E-state index >= 15 is 0 Å². The van der Waals surface area contributed by atoms with Gasteiger partial charge in [-0.2, -0.15) is 4.31 Å². The number of rotatable bonds is 9. The predicted octanol–water partition coefficient (Wildman–Crippen LogP) is 1.13. The van der Waals surface area contributed by atoms with E-state index in [1.54, 1.807) is 20.9 Å². The zero-order valence-corrected chi connectivity index (χ0v) is 16.2. The predicted molar refractivity (Wildman–Crippen MR) is 93.7 cm³/mol. The minimum absolute atomic E-state index is 0.00736. The van der Waals surface area contributed by atoms with E-state index in [1.807, 2.05) is 13.8 Å². The van der Waals surface area contributed by atoms with Crippen molar-refractivity contribution >= 4 is 21.9 Å². The molecule has 9 heteroatoms. The Morgan fingerprint density at radius 1 is 1.28 bits per heavy atom. The summed E-state index contributed by atoms with van der Waals surface area (Å²) in [6, 6.07) is 1.26. The van der Waals surface area contributed by atoms with E-state index < -0.39 is 28.5 Å².